The zero-order valence-corrected chi connectivity index (χ0v) is 23.3. The van der Waals surface area contributed by atoms with Crippen LogP contribution in [0.5, 0.6) is 0 Å². The molecule has 0 radical (unpaired) electrons. The lowest BCUT2D eigenvalue weighted by Gasteiger charge is -2.35. The maximum absolute atomic E-state index is 4.73. The van der Waals surface area contributed by atoms with Crippen molar-refractivity contribution in [3.8, 4) is 22.5 Å². The van der Waals surface area contributed by atoms with Crippen LogP contribution in [0.25, 0.3) is 39.1 Å². The highest BCUT2D eigenvalue weighted by Gasteiger charge is 2.21. The molecule has 0 saturated carbocycles. The Morgan fingerprint density at radius 3 is 2.52 bits per heavy atom. The summed E-state index contributed by atoms with van der Waals surface area (Å²) in [7, 11) is 2.18. The van der Waals surface area contributed by atoms with Crippen molar-refractivity contribution in [1.29, 1.82) is 0 Å². The first kappa shape index (κ1) is 25.8. The van der Waals surface area contributed by atoms with E-state index in [0.29, 0.717) is 0 Å². The van der Waals surface area contributed by atoms with E-state index >= 15 is 0 Å². The van der Waals surface area contributed by atoms with E-state index in [-0.39, 0.29) is 0 Å². The lowest BCUT2D eigenvalue weighted by atomic mass is 10.0. The first-order chi connectivity index (χ1) is 19.6. The quantitative estimate of drug-likeness (QED) is 0.226. The minimum atomic E-state index is 0.927. The fourth-order valence-corrected chi connectivity index (χ4v) is 5.59. The maximum atomic E-state index is 4.73. The van der Waals surface area contributed by atoms with Gasteiger partial charge >= 0.3 is 0 Å². The maximum Gasteiger partial charge on any atom is 0.116 e. The molecular weight excluding hydrogens is 492 g/mol. The lowest BCUT2D eigenvalue weighted by molar-refractivity contribution is 0.207. The van der Waals surface area contributed by atoms with Crippen LogP contribution in [0.15, 0.2) is 91.8 Å². The van der Waals surface area contributed by atoms with Crippen molar-refractivity contribution in [2.24, 2.45) is 0 Å². The number of likely N-dealkylation sites (N-methyl/N-ethyl adjacent to an activating group) is 1. The SMILES string of the molecule is C=C/C=C(\c1cc(-c2n[nH]c3ccc(-c4cncc(CCc5ccccc5)c4)cc23)[nH]c1C)N1CCN(C)CC1. The molecule has 202 valence electrons. The van der Waals surface area contributed by atoms with Crippen LogP contribution in [-0.2, 0) is 12.8 Å². The minimum Gasteiger partial charge on any atom is -0.368 e. The molecule has 1 aliphatic rings. The zero-order valence-electron chi connectivity index (χ0n) is 23.3. The number of allylic oxidation sites excluding steroid dienone is 2. The van der Waals surface area contributed by atoms with Crippen LogP contribution in [0.2, 0.25) is 0 Å². The summed E-state index contributed by atoms with van der Waals surface area (Å²) in [6.45, 7) is 10.2. The van der Waals surface area contributed by atoms with Gasteiger partial charge in [-0.05, 0) is 73.8 Å². The number of H-pyrrole nitrogens is 2. The van der Waals surface area contributed by atoms with E-state index in [2.05, 4.69) is 112 Å². The van der Waals surface area contributed by atoms with Gasteiger partial charge in [0.15, 0.2) is 0 Å². The van der Waals surface area contributed by atoms with Gasteiger partial charge in [-0.15, -0.1) is 0 Å². The number of nitrogens with one attached hydrogen (secondary N) is 2. The summed E-state index contributed by atoms with van der Waals surface area (Å²) in [6.07, 6.45) is 9.91. The Bertz CT molecular complexity index is 1650. The number of benzene rings is 2. The van der Waals surface area contributed by atoms with Gasteiger partial charge in [0.1, 0.15) is 5.69 Å². The van der Waals surface area contributed by atoms with Crippen LogP contribution in [0.3, 0.4) is 0 Å². The van der Waals surface area contributed by atoms with Crippen LogP contribution in [0, 0.1) is 6.92 Å². The topological polar surface area (TPSA) is 63.8 Å². The van der Waals surface area contributed by atoms with E-state index in [0.717, 1.165) is 78.1 Å². The standard InChI is InChI=1S/C34H36N6/c1-4-8-33(40-17-15-39(3)16-18-40)29-21-32(36-24(29)2)34-30-20-27(13-14-31(30)37-38-34)28-19-26(22-35-23-28)12-11-25-9-6-5-7-10-25/h4-10,13-14,19-23,36H,1,11-12,15-18H2,2-3H3,(H,37,38)/b33-8+. The second-order valence-electron chi connectivity index (χ2n) is 10.7. The van der Waals surface area contributed by atoms with E-state index in [1.165, 1.54) is 22.4 Å². The number of hydrogen-bond acceptors (Lipinski definition) is 4. The van der Waals surface area contributed by atoms with Crippen molar-refractivity contribution in [3.05, 3.63) is 114 Å². The molecule has 2 aromatic carbocycles. The van der Waals surface area contributed by atoms with Crippen LogP contribution in [-0.4, -0.2) is 63.2 Å². The number of rotatable bonds is 8. The number of fused-ring (bicyclic) bond motifs is 1. The molecule has 0 aliphatic carbocycles. The van der Waals surface area contributed by atoms with Crippen molar-refractivity contribution in [3.63, 3.8) is 0 Å². The Hall–Kier alpha value is -4.42. The molecule has 6 nitrogen and oxygen atoms in total. The number of pyridine rings is 1. The number of piperazine rings is 1. The van der Waals surface area contributed by atoms with E-state index in [4.69, 9.17) is 5.10 Å². The molecule has 0 atom stereocenters. The second kappa shape index (κ2) is 11.4. The van der Waals surface area contributed by atoms with Crippen LogP contribution in [0.4, 0.5) is 0 Å². The Morgan fingerprint density at radius 2 is 1.73 bits per heavy atom. The summed E-state index contributed by atoms with van der Waals surface area (Å²) >= 11 is 0. The normalized spacial score (nSPS) is 14.7. The van der Waals surface area contributed by atoms with Crippen LogP contribution in [0.1, 0.15) is 22.4 Å². The molecule has 5 aromatic rings. The first-order valence-corrected chi connectivity index (χ1v) is 14.0. The number of aromatic amines is 2. The zero-order chi connectivity index (χ0) is 27.5. The Morgan fingerprint density at radius 1 is 0.925 bits per heavy atom. The average molecular weight is 529 g/mol. The van der Waals surface area contributed by atoms with Gasteiger partial charge in [-0.2, -0.15) is 5.10 Å². The van der Waals surface area contributed by atoms with Gasteiger partial charge < -0.3 is 14.8 Å². The smallest absolute Gasteiger partial charge is 0.116 e. The molecule has 1 fully saturated rings. The number of hydrogen-bond donors (Lipinski definition) is 2. The predicted molar refractivity (Wildman–Crippen MR) is 165 cm³/mol. The fourth-order valence-electron chi connectivity index (χ4n) is 5.59. The average Bonchev–Trinajstić information content (AvgIpc) is 3.59. The highest BCUT2D eigenvalue weighted by atomic mass is 15.3. The van der Waals surface area contributed by atoms with Gasteiger partial charge in [-0.3, -0.25) is 10.1 Å². The molecule has 6 rings (SSSR count). The van der Waals surface area contributed by atoms with Crippen molar-refractivity contribution in [2.45, 2.75) is 19.8 Å². The van der Waals surface area contributed by atoms with E-state index in [1.54, 1.807) is 0 Å². The molecule has 40 heavy (non-hydrogen) atoms. The number of nitrogens with zero attached hydrogens (tertiary/aromatic N) is 4. The van der Waals surface area contributed by atoms with Gasteiger partial charge in [0.2, 0.25) is 0 Å². The van der Waals surface area contributed by atoms with Crippen molar-refractivity contribution in [1.82, 2.24) is 30.0 Å². The highest BCUT2D eigenvalue weighted by molar-refractivity contribution is 5.95. The highest BCUT2D eigenvalue weighted by Crippen LogP contribution is 2.34. The van der Waals surface area contributed by atoms with Crippen molar-refractivity contribution < 1.29 is 0 Å². The summed E-state index contributed by atoms with van der Waals surface area (Å²) < 4.78 is 0. The number of aryl methyl sites for hydroxylation is 3. The van der Waals surface area contributed by atoms with Gasteiger partial charge in [-0.25, -0.2) is 0 Å². The lowest BCUT2D eigenvalue weighted by Crippen LogP contribution is -2.43. The predicted octanol–water partition coefficient (Wildman–Crippen LogP) is 6.49. The summed E-state index contributed by atoms with van der Waals surface area (Å²) in [5, 5.41) is 9.06. The van der Waals surface area contributed by atoms with Gasteiger partial charge in [0.05, 0.1) is 11.2 Å². The summed E-state index contributed by atoms with van der Waals surface area (Å²) in [5.74, 6) is 0. The molecule has 0 amide bonds. The molecular formula is C34H36N6. The van der Waals surface area contributed by atoms with Crippen LogP contribution < -0.4 is 0 Å². The van der Waals surface area contributed by atoms with Crippen molar-refractivity contribution in [2.75, 3.05) is 33.2 Å². The summed E-state index contributed by atoms with van der Waals surface area (Å²) in [4.78, 5) is 13.0. The molecule has 2 N–H and O–H groups in total. The first-order valence-electron chi connectivity index (χ1n) is 14.0. The third-order valence-corrected chi connectivity index (χ3v) is 7.90. The number of aromatic nitrogens is 4. The molecule has 1 saturated heterocycles. The largest absolute Gasteiger partial charge is 0.368 e. The third kappa shape index (κ3) is 5.36. The Balaban J connectivity index is 1.29. The van der Waals surface area contributed by atoms with Gasteiger partial charge in [0, 0.05) is 66.5 Å². The van der Waals surface area contributed by atoms with E-state index in [1.807, 2.05) is 18.5 Å². The van der Waals surface area contributed by atoms with E-state index in [9.17, 15) is 0 Å². The fraction of sp³-hybridized carbons (Fsp3) is 0.235. The third-order valence-electron chi connectivity index (χ3n) is 7.90. The second-order valence-corrected chi connectivity index (χ2v) is 10.7. The van der Waals surface area contributed by atoms with E-state index < -0.39 is 0 Å². The van der Waals surface area contributed by atoms with Crippen LogP contribution >= 0.6 is 0 Å². The molecule has 3 aromatic heterocycles. The molecule has 6 heteroatoms. The van der Waals surface area contributed by atoms with Gasteiger partial charge in [0.25, 0.3) is 0 Å². The minimum absolute atomic E-state index is 0.927. The van der Waals surface area contributed by atoms with Gasteiger partial charge in [-0.1, -0.05) is 49.1 Å². The Labute approximate surface area is 236 Å². The molecule has 4 heterocycles. The Kier molecular flexibility index (Phi) is 7.34. The van der Waals surface area contributed by atoms with Crippen molar-refractivity contribution >= 4 is 16.6 Å². The molecule has 0 unspecified atom stereocenters. The summed E-state index contributed by atoms with van der Waals surface area (Å²) in [6, 6.07) is 21.6. The molecule has 1 aliphatic heterocycles. The summed E-state index contributed by atoms with van der Waals surface area (Å²) in [5.41, 5.74) is 11.3. The molecule has 0 spiro atoms. The monoisotopic (exact) mass is 528 g/mol. The molecule has 0 bridgehead atoms.